The van der Waals surface area contributed by atoms with Crippen LogP contribution in [0.25, 0.3) is 0 Å². The van der Waals surface area contributed by atoms with Crippen LogP contribution in [0, 0.1) is 0 Å². The fourth-order valence-corrected chi connectivity index (χ4v) is 2.26. The molecule has 0 aromatic heterocycles. The second-order valence-corrected chi connectivity index (χ2v) is 5.66. The van der Waals surface area contributed by atoms with Crippen molar-refractivity contribution in [3.63, 3.8) is 0 Å². The highest BCUT2D eigenvalue weighted by Crippen LogP contribution is 2.20. The van der Waals surface area contributed by atoms with E-state index in [9.17, 15) is 0 Å². The predicted molar refractivity (Wildman–Crippen MR) is 93.5 cm³/mol. The van der Waals surface area contributed by atoms with E-state index >= 15 is 0 Å². The lowest BCUT2D eigenvalue weighted by Crippen LogP contribution is -2.31. The number of benzene rings is 2. The van der Waals surface area contributed by atoms with Crippen molar-refractivity contribution < 1.29 is 4.74 Å². The minimum atomic E-state index is 0.792. The van der Waals surface area contributed by atoms with Crippen LogP contribution in [-0.2, 0) is 6.54 Å². The molecule has 2 aromatic rings. The third-order valence-electron chi connectivity index (χ3n) is 3.61. The molecule has 118 valence electrons. The number of ether oxygens (including phenoxy) is 1. The molecule has 0 saturated heterocycles. The lowest BCUT2D eigenvalue weighted by molar-refractivity contribution is 0.412. The maximum absolute atomic E-state index is 5.79. The Morgan fingerprint density at radius 2 is 1.55 bits per heavy atom. The molecule has 0 unspecified atom stereocenters. The Bertz CT molecular complexity index is 564. The third kappa shape index (κ3) is 4.67. The predicted octanol–water partition coefficient (Wildman–Crippen LogP) is 2.85. The van der Waals surface area contributed by atoms with Crippen molar-refractivity contribution in [3.05, 3.63) is 54.1 Å². The van der Waals surface area contributed by atoms with Gasteiger partial charge in [-0.15, -0.1) is 0 Å². The molecule has 4 nitrogen and oxygen atoms in total. The summed E-state index contributed by atoms with van der Waals surface area (Å²) in [4.78, 5) is 4.56. The Labute approximate surface area is 133 Å². The molecule has 0 amide bonds. The first-order chi connectivity index (χ1) is 10.6. The number of hydrogen-bond donors (Lipinski definition) is 1. The number of nitrogen functional groups attached to an aromatic ring is 1. The monoisotopic (exact) mass is 299 g/mol. The maximum Gasteiger partial charge on any atom is 0.118 e. The summed E-state index contributed by atoms with van der Waals surface area (Å²) in [5, 5.41) is 0. The van der Waals surface area contributed by atoms with Crippen LogP contribution in [0.4, 0.5) is 11.4 Å². The molecular weight excluding hydrogens is 274 g/mol. The van der Waals surface area contributed by atoms with Gasteiger partial charge in [-0.1, -0.05) is 12.1 Å². The van der Waals surface area contributed by atoms with Gasteiger partial charge in [-0.2, -0.15) is 0 Å². The third-order valence-corrected chi connectivity index (χ3v) is 3.61. The zero-order valence-corrected chi connectivity index (χ0v) is 13.6. The summed E-state index contributed by atoms with van der Waals surface area (Å²) in [6.45, 7) is 2.82. The van der Waals surface area contributed by atoms with Gasteiger partial charge in [0.1, 0.15) is 5.75 Å². The summed E-state index contributed by atoms with van der Waals surface area (Å²) in [5.41, 5.74) is 9.03. The average molecular weight is 299 g/mol. The minimum Gasteiger partial charge on any atom is -0.497 e. The first-order valence-corrected chi connectivity index (χ1v) is 7.46. The summed E-state index contributed by atoms with van der Waals surface area (Å²) in [7, 11) is 5.87. The number of anilines is 2. The van der Waals surface area contributed by atoms with E-state index in [0.29, 0.717) is 0 Å². The van der Waals surface area contributed by atoms with Crippen LogP contribution in [0.5, 0.6) is 5.75 Å². The SMILES string of the molecule is COc1ccc(CN(CCN(C)C)c2ccc(N)cc2)cc1. The molecule has 0 aliphatic heterocycles. The van der Waals surface area contributed by atoms with Crippen molar-refractivity contribution in [2.24, 2.45) is 0 Å². The van der Waals surface area contributed by atoms with Crippen LogP contribution < -0.4 is 15.4 Å². The molecule has 2 N–H and O–H groups in total. The minimum absolute atomic E-state index is 0.792. The first kappa shape index (κ1) is 16.2. The standard InChI is InChI=1S/C18H25N3O/c1-20(2)12-13-21(17-8-6-16(19)7-9-17)14-15-4-10-18(22-3)11-5-15/h4-11H,12-14,19H2,1-3H3. The van der Waals surface area contributed by atoms with E-state index in [2.05, 4.69) is 48.2 Å². The van der Waals surface area contributed by atoms with Crippen molar-refractivity contribution in [1.82, 2.24) is 4.90 Å². The molecule has 4 heteroatoms. The molecule has 0 heterocycles. The molecule has 0 bridgehead atoms. The molecule has 0 saturated carbocycles. The number of rotatable bonds is 7. The quantitative estimate of drug-likeness (QED) is 0.798. The number of methoxy groups -OCH3 is 1. The second-order valence-electron chi connectivity index (χ2n) is 5.66. The molecule has 2 rings (SSSR count). The summed E-state index contributed by atoms with van der Waals surface area (Å²) in [6.07, 6.45) is 0. The summed E-state index contributed by atoms with van der Waals surface area (Å²) in [5.74, 6) is 0.885. The molecule has 0 fully saturated rings. The van der Waals surface area contributed by atoms with Gasteiger partial charge in [0.15, 0.2) is 0 Å². The maximum atomic E-state index is 5.79. The lowest BCUT2D eigenvalue weighted by Gasteiger charge is -2.26. The molecule has 22 heavy (non-hydrogen) atoms. The van der Waals surface area contributed by atoms with Crippen molar-refractivity contribution in [1.29, 1.82) is 0 Å². The van der Waals surface area contributed by atoms with E-state index in [0.717, 1.165) is 31.1 Å². The molecular formula is C18H25N3O. The van der Waals surface area contributed by atoms with Gasteiger partial charge >= 0.3 is 0 Å². The second kappa shape index (κ2) is 7.71. The van der Waals surface area contributed by atoms with Crippen LogP contribution in [0.15, 0.2) is 48.5 Å². The number of nitrogens with two attached hydrogens (primary N) is 1. The van der Waals surface area contributed by atoms with Crippen LogP contribution in [0.2, 0.25) is 0 Å². The first-order valence-electron chi connectivity index (χ1n) is 7.46. The number of likely N-dealkylation sites (N-methyl/N-ethyl adjacent to an activating group) is 1. The highest BCUT2D eigenvalue weighted by atomic mass is 16.5. The molecule has 0 radical (unpaired) electrons. The molecule has 0 spiro atoms. The van der Waals surface area contributed by atoms with Crippen molar-refractivity contribution in [2.45, 2.75) is 6.54 Å². The van der Waals surface area contributed by atoms with Gasteiger partial charge in [0.2, 0.25) is 0 Å². The van der Waals surface area contributed by atoms with Gasteiger partial charge in [0.05, 0.1) is 7.11 Å². The normalized spacial score (nSPS) is 10.7. The van der Waals surface area contributed by atoms with Crippen LogP contribution in [-0.4, -0.2) is 39.2 Å². The smallest absolute Gasteiger partial charge is 0.118 e. The van der Waals surface area contributed by atoms with Crippen LogP contribution in [0.3, 0.4) is 0 Å². The van der Waals surface area contributed by atoms with Crippen LogP contribution >= 0.6 is 0 Å². The van der Waals surface area contributed by atoms with Crippen molar-refractivity contribution in [3.8, 4) is 5.75 Å². The van der Waals surface area contributed by atoms with E-state index in [1.54, 1.807) is 7.11 Å². The van der Waals surface area contributed by atoms with E-state index < -0.39 is 0 Å². The van der Waals surface area contributed by atoms with Gasteiger partial charge in [-0.05, 0) is 56.1 Å². The summed E-state index contributed by atoms with van der Waals surface area (Å²) >= 11 is 0. The fourth-order valence-electron chi connectivity index (χ4n) is 2.26. The number of nitrogens with zero attached hydrogens (tertiary/aromatic N) is 2. The van der Waals surface area contributed by atoms with Gasteiger partial charge in [0, 0.05) is 31.0 Å². The van der Waals surface area contributed by atoms with E-state index in [1.165, 1.54) is 11.3 Å². The topological polar surface area (TPSA) is 41.7 Å². The highest BCUT2D eigenvalue weighted by Gasteiger charge is 2.08. The van der Waals surface area contributed by atoms with Gasteiger partial charge in [-0.25, -0.2) is 0 Å². The zero-order chi connectivity index (χ0) is 15.9. The highest BCUT2D eigenvalue weighted by molar-refractivity contribution is 5.53. The lowest BCUT2D eigenvalue weighted by atomic mass is 10.2. The Morgan fingerprint density at radius 3 is 2.09 bits per heavy atom. The van der Waals surface area contributed by atoms with Crippen LogP contribution in [0.1, 0.15) is 5.56 Å². The van der Waals surface area contributed by atoms with Gasteiger partial charge in [-0.3, -0.25) is 0 Å². The van der Waals surface area contributed by atoms with E-state index in [1.807, 2.05) is 24.3 Å². The Balaban J connectivity index is 2.13. The summed E-state index contributed by atoms with van der Waals surface area (Å²) in [6, 6.07) is 16.3. The molecule has 0 aliphatic carbocycles. The van der Waals surface area contributed by atoms with Crippen molar-refractivity contribution in [2.75, 3.05) is 44.9 Å². The molecule has 2 aromatic carbocycles. The Kier molecular flexibility index (Phi) is 5.67. The van der Waals surface area contributed by atoms with Gasteiger partial charge < -0.3 is 20.3 Å². The van der Waals surface area contributed by atoms with Gasteiger partial charge in [0.25, 0.3) is 0 Å². The Hall–Kier alpha value is -2.20. The van der Waals surface area contributed by atoms with E-state index in [-0.39, 0.29) is 0 Å². The van der Waals surface area contributed by atoms with E-state index in [4.69, 9.17) is 10.5 Å². The van der Waals surface area contributed by atoms with Crippen molar-refractivity contribution >= 4 is 11.4 Å². The zero-order valence-electron chi connectivity index (χ0n) is 13.6. The molecule has 0 atom stereocenters. The average Bonchev–Trinajstić information content (AvgIpc) is 2.53. The molecule has 0 aliphatic rings. The largest absolute Gasteiger partial charge is 0.497 e. The number of hydrogen-bond acceptors (Lipinski definition) is 4. The Morgan fingerprint density at radius 1 is 0.909 bits per heavy atom. The fraction of sp³-hybridized carbons (Fsp3) is 0.333. The summed E-state index contributed by atoms with van der Waals surface area (Å²) < 4.78 is 5.22.